The van der Waals surface area contributed by atoms with E-state index in [0.29, 0.717) is 108 Å². The van der Waals surface area contributed by atoms with Gasteiger partial charge in [-0.05, 0) is 199 Å². The number of benzene rings is 3. The Hall–Kier alpha value is -9.43. The van der Waals surface area contributed by atoms with E-state index in [2.05, 4.69) is 78.3 Å². The highest BCUT2D eigenvalue weighted by atomic mass is 127. The Bertz CT molecular complexity index is 4980. The Labute approximate surface area is 814 Å². The molecule has 10 aliphatic heterocycles. The summed E-state index contributed by atoms with van der Waals surface area (Å²) in [5.41, 5.74) is 7.32. The molecule has 41 heteroatoms. The number of β-amino-alcohol motifs (C(OH)–C–C–N with tert-alkyl or cyclic N) is 1. The van der Waals surface area contributed by atoms with Gasteiger partial charge in [0, 0.05) is 139 Å². The van der Waals surface area contributed by atoms with Crippen LogP contribution in [0.1, 0.15) is 150 Å². The number of methoxy groups -OCH3 is 5. The molecule has 0 radical (unpaired) electrons. The second-order valence-electron chi connectivity index (χ2n) is 38.0. The highest BCUT2D eigenvalue weighted by Gasteiger charge is 2.37. The van der Waals surface area contributed by atoms with E-state index in [0.717, 1.165) is 143 Å². The van der Waals surface area contributed by atoms with Crippen LogP contribution >= 0.6 is 45.8 Å². The van der Waals surface area contributed by atoms with Crippen LogP contribution < -0.4 is 35.4 Å². The molecule has 0 saturated carbocycles. The number of ether oxygens (including phenoxy) is 10. The van der Waals surface area contributed by atoms with Crippen molar-refractivity contribution in [1.82, 2.24) is 74.3 Å². The maximum Gasteiger partial charge on any atom is 0.417 e. The lowest BCUT2D eigenvalue weighted by molar-refractivity contribution is -0.132. The molecule has 6 atom stereocenters. The number of fused-ring (bicyclic) bond motifs is 4. The highest BCUT2D eigenvalue weighted by Crippen LogP contribution is 2.34. The number of anilines is 4. The van der Waals surface area contributed by atoms with Gasteiger partial charge < -0.3 is 102 Å². The lowest BCUT2D eigenvalue weighted by Gasteiger charge is -2.31. The molecule has 10 aliphatic rings. The van der Waals surface area contributed by atoms with Gasteiger partial charge in [0.25, 0.3) is 0 Å². The highest BCUT2D eigenvalue weighted by molar-refractivity contribution is 14.1. The summed E-state index contributed by atoms with van der Waals surface area (Å²) >= 11 is 13.7. The van der Waals surface area contributed by atoms with E-state index in [9.17, 15) is 42.7 Å². The van der Waals surface area contributed by atoms with Crippen molar-refractivity contribution >= 4 is 105 Å². The average Bonchev–Trinajstić information content (AvgIpc) is 1.64. The summed E-state index contributed by atoms with van der Waals surface area (Å²) < 4.78 is 88.1. The summed E-state index contributed by atoms with van der Waals surface area (Å²) in [4.78, 5) is 87.0. The van der Waals surface area contributed by atoms with Crippen molar-refractivity contribution in [2.75, 3.05) is 160 Å². The summed E-state index contributed by atoms with van der Waals surface area (Å²) in [7, 11) is 8.72. The van der Waals surface area contributed by atoms with Crippen molar-refractivity contribution in [2.24, 2.45) is 0 Å². The van der Waals surface area contributed by atoms with E-state index in [4.69, 9.17) is 70.6 Å². The third-order valence-corrected chi connectivity index (χ3v) is 24.6. The first-order valence-electron chi connectivity index (χ1n) is 46.0. The molecule has 6 saturated heterocycles. The van der Waals surface area contributed by atoms with Crippen molar-refractivity contribution in [3.8, 4) is 5.75 Å². The number of aliphatic hydroxyl groups excluding tert-OH is 1. The van der Waals surface area contributed by atoms with Crippen LogP contribution in [0.3, 0.4) is 0 Å². The van der Waals surface area contributed by atoms with Crippen molar-refractivity contribution in [3.63, 3.8) is 0 Å². The van der Waals surface area contributed by atoms with Crippen molar-refractivity contribution in [2.45, 2.75) is 239 Å². The maximum absolute atomic E-state index is 13.3. The largest absolute Gasteiger partial charge is 0.444 e. The number of carbonyl (C=O) groups is 6. The normalized spacial score (nSPS) is 20.0. The molecular formula is C94H138Cl2F2IN19O17. The summed E-state index contributed by atoms with van der Waals surface area (Å²) in [6.45, 7) is 41.2. The zero-order chi connectivity index (χ0) is 98.1. The lowest BCUT2D eigenvalue weighted by Crippen LogP contribution is -2.42. The Morgan fingerprint density at radius 3 is 1.30 bits per heavy atom. The van der Waals surface area contributed by atoms with Crippen LogP contribution in [0.25, 0.3) is 0 Å². The third-order valence-electron chi connectivity index (χ3n) is 23.1. The molecule has 6 unspecified atom stereocenters. The van der Waals surface area contributed by atoms with Gasteiger partial charge in [-0.15, -0.1) is 0 Å². The fourth-order valence-corrected chi connectivity index (χ4v) is 16.9. The van der Waals surface area contributed by atoms with E-state index < -0.39 is 40.1 Å². The quantitative estimate of drug-likeness (QED) is 0.0652. The van der Waals surface area contributed by atoms with E-state index in [1.54, 1.807) is 80.6 Å². The number of hydrogen-bond donors (Lipinski definition) is 4. The van der Waals surface area contributed by atoms with Gasteiger partial charge in [0.2, 0.25) is 5.91 Å². The number of nitrogens with one attached hydrogen (secondary N) is 3. The van der Waals surface area contributed by atoms with Crippen molar-refractivity contribution in [1.29, 1.82) is 0 Å². The summed E-state index contributed by atoms with van der Waals surface area (Å²) in [6.07, 6.45) is 13.1. The van der Waals surface area contributed by atoms with Gasteiger partial charge in [-0.3, -0.25) is 28.8 Å². The number of para-hydroxylation sites is 1. The van der Waals surface area contributed by atoms with Crippen LogP contribution in [0.2, 0.25) is 10.0 Å². The monoisotopic (exact) mass is 2040 g/mol. The first-order chi connectivity index (χ1) is 64.0. The molecule has 7 aromatic rings. The molecule has 17 rings (SSSR count). The van der Waals surface area contributed by atoms with E-state index in [1.807, 2.05) is 133 Å². The number of rotatable bonds is 12. The molecule has 135 heavy (non-hydrogen) atoms. The number of halogens is 5. The molecule has 4 aromatic heterocycles. The molecule has 4 N–H and O–H groups in total. The topological polar surface area (TPSA) is 348 Å². The molecule has 6 amide bonds. The predicted octanol–water partition coefficient (Wildman–Crippen LogP) is 13.5. The number of aromatic nitrogens is 8. The number of likely N-dealkylation sites (tertiary alicyclic amines) is 2. The smallest absolute Gasteiger partial charge is 0.417 e. The van der Waals surface area contributed by atoms with Gasteiger partial charge in [-0.1, -0.05) is 47.5 Å². The predicted molar refractivity (Wildman–Crippen MR) is 517 cm³/mol. The maximum atomic E-state index is 13.3. The number of aliphatic hydroxyl groups is 1. The van der Waals surface area contributed by atoms with Crippen LogP contribution in [0.5, 0.6) is 5.75 Å². The van der Waals surface area contributed by atoms with Gasteiger partial charge >= 0.3 is 30.5 Å². The van der Waals surface area contributed by atoms with Gasteiger partial charge in [-0.2, -0.15) is 20.4 Å². The second kappa shape index (κ2) is 50.2. The van der Waals surface area contributed by atoms with Gasteiger partial charge in [0.1, 0.15) is 39.8 Å². The van der Waals surface area contributed by atoms with Gasteiger partial charge in [0.15, 0.2) is 0 Å². The van der Waals surface area contributed by atoms with Crippen LogP contribution in [-0.4, -0.2) is 304 Å². The standard InChI is InChI=1S/C19H22ClFN4O2.C16H26N4O3.C13H9ClFNO2.C11H16IN3O2.C11H18N4O.C10H19NO3.C9H17NO3.C5H11NO/c1-27-14-4-5-23(11-14)17-10-22-25-7-6-24(12-18(17)25)19(26)9-13-2-3-16(21)15(20)8-13;1-16(2,3)23-15(21)19-7-8-20-14(11-19)13(9-17-20)18-6-5-12(10-18)22-4;14-11-8-9(6-7-12(11)15)16-13(17)18-10-4-2-1-3-5-10;1-11(2,3)17-10(16)14-4-5-15-9(7-14)8(12)6-13-15;1-16-9-2-4-14(8-9)10-7-13-15-5-3-12-6-11(10)15;1-10(2,3)14-9(12)11-6-5-8(7-11)13-4;1-9(2,3)13-8(12)10-5-4-7(11)6-10;1-7-5-2-3-6-4-5/h2-3,8,10,14H,4-7,9,11-12H2,1H3;9,12H,5-8,10-11H2,1-4H3;1-8H,(H,16,17);6H,4-5,7H2,1-3H3;7,9,12H,2-6,8H2,1H3;8H,5-7H2,1-4H3;7,11H,4-6H2,1-3H3;5-6H,2-4H2,1H3. The molecule has 0 aliphatic carbocycles. The Balaban J connectivity index is 0.000000163. The number of hydrogen-bond acceptors (Lipinski definition) is 26. The third kappa shape index (κ3) is 33.4. The molecule has 0 spiro atoms. The minimum atomic E-state index is -0.663. The number of amides is 6. The molecule has 14 heterocycles. The first kappa shape index (κ1) is 108. The lowest BCUT2D eigenvalue weighted by atomic mass is 10.1. The zero-order valence-electron chi connectivity index (χ0n) is 81.1. The SMILES string of the molecule is CC(C)(C)OC(=O)N1CCC(O)C1.CC(C)(C)OC(=O)N1CCn2ncc(I)c2C1.COC1CCN(C(=O)OC(C)(C)C)C1.COC1CCN(c2cnn3c2CN(C(=O)Cc2ccc(F)c(Cl)c2)CC3)C1.COC1CCN(c2cnn3c2CN(C(=O)OC(C)(C)C)CC3)C1.COC1CCN(c2cnn3c2CNCC3)C1.COC1CCNC1.O=C(Nc1ccc(F)c(Cl)c1)Oc1ccccc1. The summed E-state index contributed by atoms with van der Waals surface area (Å²) in [5.74, 6) is -0.589. The first-order valence-corrected chi connectivity index (χ1v) is 47.8. The van der Waals surface area contributed by atoms with Gasteiger partial charge in [-0.25, -0.2) is 32.8 Å². The van der Waals surface area contributed by atoms with Gasteiger partial charge in [0.05, 0.1) is 174 Å². The molecular weight excluding hydrogens is 1900 g/mol. The minimum absolute atomic E-state index is 0.00673. The average molecular weight is 2040 g/mol. The van der Waals surface area contributed by atoms with Crippen LogP contribution in [0.15, 0.2) is 91.5 Å². The van der Waals surface area contributed by atoms with E-state index in [1.165, 1.54) is 53.0 Å². The van der Waals surface area contributed by atoms with Crippen LogP contribution in [0.4, 0.5) is 55.5 Å². The van der Waals surface area contributed by atoms with Crippen molar-refractivity contribution in [3.05, 3.63) is 145 Å². The van der Waals surface area contributed by atoms with E-state index >= 15 is 0 Å². The second-order valence-corrected chi connectivity index (χ2v) is 40.0. The summed E-state index contributed by atoms with van der Waals surface area (Å²) in [5, 5.41) is 35.9. The van der Waals surface area contributed by atoms with E-state index in [-0.39, 0.29) is 71.2 Å². The fraction of sp³-hybridized carbons (Fsp3) is 0.617. The Morgan fingerprint density at radius 1 is 0.444 bits per heavy atom. The number of nitrogens with zero attached hydrogens (tertiary/aromatic N) is 16. The molecule has 6 fully saturated rings. The van der Waals surface area contributed by atoms with Crippen LogP contribution in [-0.2, 0) is 106 Å². The van der Waals surface area contributed by atoms with Crippen LogP contribution in [0, 0.1) is 15.2 Å². The summed E-state index contributed by atoms with van der Waals surface area (Å²) in [6, 6.07) is 16.9. The molecule has 3 aromatic carbocycles. The van der Waals surface area contributed by atoms with Crippen molar-refractivity contribution < 1.29 is 90.0 Å². The Kier molecular flexibility index (Phi) is 40.0. The zero-order valence-corrected chi connectivity index (χ0v) is 84.7. The fourth-order valence-electron chi connectivity index (χ4n) is 16.0. The Morgan fingerprint density at radius 2 is 0.859 bits per heavy atom. The minimum Gasteiger partial charge on any atom is -0.444 e. The number of carbonyl (C=O) groups excluding carboxylic acids is 6. The molecule has 746 valence electrons. The molecule has 36 nitrogen and oxygen atoms in total. The molecule has 0 bridgehead atoms.